The van der Waals surface area contributed by atoms with Crippen LogP contribution in [-0.2, 0) is 15.4 Å². The number of sulfonamides is 1. The molecule has 0 aliphatic carbocycles. The lowest BCUT2D eigenvalue weighted by atomic mass is 9.82. The molecular formula is C23H28FNO3S. The summed E-state index contributed by atoms with van der Waals surface area (Å²) in [5.41, 5.74) is 1.59. The SMILES string of the molecule is CCC(C)(C)c1ccc(S(=O)(=O)N2CCC(C(=O)c3ccc(F)cc3)CC2)cc1. The molecule has 1 saturated heterocycles. The summed E-state index contributed by atoms with van der Waals surface area (Å²) in [7, 11) is -3.58. The summed E-state index contributed by atoms with van der Waals surface area (Å²) in [6, 6.07) is 12.7. The number of rotatable bonds is 6. The van der Waals surface area contributed by atoms with Crippen molar-refractivity contribution in [3.8, 4) is 0 Å². The van der Waals surface area contributed by atoms with Gasteiger partial charge >= 0.3 is 0 Å². The van der Waals surface area contributed by atoms with E-state index in [9.17, 15) is 17.6 Å². The predicted octanol–water partition coefficient (Wildman–Crippen LogP) is 4.80. The first kappa shape index (κ1) is 21.7. The summed E-state index contributed by atoms with van der Waals surface area (Å²) < 4.78 is 40.5. The molecule has 1 aliphatic heterocycles. The number of halogens is 1. The number of carbonyl (C=O) groups excluding carboxylic acids is 1. The molecule has 4 nitrogen and oxygen atoms in total. The van der Waals surface area contributed by atoms with Gasteiger partial charge in [0.2, 0.25) is 10.0 Å². The van der Waals surface area contributed by atoms with E-state index in [2.05, 4.69) is 20.8 Å². The van der Waals surface area contributed by atoms with Gasteiger partial charge in [0.25, 0.3) is 0 Å². The summed E-state index contributed by atoms with van der Waals surface area (Å²) in [6.45, 7) is 7.01. The van der Waals surface area contributed by atoms with Crippen LogP contribution in [0.5, 0.6) is 0 Å². The summed E-state index contributed by atoms with van der Waals surface area (Å²) in [5, 5.41) is 0. The zero-order valence-corrected chi connectivity index (χ0v) is 18.0. The van der Waals surface area contributed by atoms with Gasteiger partial charge in [-0.15, -0.1) is 0 Å². The van der Waals surface area contributed by atoms with E-state index >= 15 is 0 Å². The first-order chi connectivity index (χ1) is 13.6. The largest absolute Gasteiger partial charge is 0.294 e. The van der Waals surface area contributed by atoms with Gasteiger partial charge in [0.15, 0.2) is 5.78 Å². The molecule has 0 spiro atoms. The second kappa shape index (κ2) is 8.36. The molecular weight excluding hydrogens is 389 g/mol. The summed E-state index contributed by atoms with van der Waals surface area (Å²) in [5.74, 6) is -0.663. The van der Waals surface area contributed by atoms with Crippen LogP contribution in [0, 0.1) is 11.7 Å². The van der Waals surface area contributed by atoms with Crippen molar-refractivity contribution in [1.82, 2.24) is 4.31 Å². The highest BCUT2D eigenvalue weighted by Gasteiger charge is 2.32. The highest BCUT2D eigenvalue weighted by Crippen LogP contribution is 2.30. The second-order valence-electron chi connectivity index (χ2n) is 8.31. The van der Waals surface area contributed by atoms with Gasteiger partial charge in [-0.3, -0.25) is 4.79 Å². The number of nitrogens with zero attached hydrogens (tertiary/aromatic N) is 1. The van der Waals surface area contributed by atoms with E-state index in [4.69, 9.17) is 0 Å². The molecule has 2 aromatic rings. The van der Waals surface area contributed by atoms with Gasteiger partial charge in [-0.25, -0.2) is 12.8 Å². The van der Waals surface area contributed by atoms with Gasteiger partial charge in [-0.1, -0.05) is 32.9 Å². The maximum absolute atomic E-state index is 13.1. The van der Waals surface area contributed by atoms with Gasteiger partial charge in [-0.2, -0.15) is 4.31 Å². The van der Waals surface area contributed by atoms with Crippen LogP contribution in [0.3, 0.4) is 0 Å². The molecule has 0 N–H and O–H groups in total. The third-order valence-electron chi connectivity index (χ3n) is 6.11. The van der Waals surface area contributed by atoms with Crippen LogP contribution >= 0.6 is 0 Å². The predicted molar refractivity (Wildman–Crippen MR) is 112 cm³/mol. The van der Waals surface area contributed by atoms with Gasteiger partial charge in [0.05, 0.1) is 4.90 Å². The number of benzene rings is 2. The number of carbonyl (C=O) groups is 1. The molecule has 0 aromatic heterocycles. The molecule has 0 atom stereocenters. The van der Waals surface area contributed by atoms with E-state index in [0.717, 1.165) is 12.0 Å². The number of piperidine rings is 1. The zero-order valence-electron chi connectivity index (χ0n) is 17.2. The highest BCUT2D eigenvalue weighted by molar-refractivity contribution is 7.89. The maximum Gasteiger partial charge on any atom is 0.243 e. The van der Waals surface area contributed by atoms with Crippen molar-refractivity contribution in [1.29, 1.82) is 0 Å². The Hall–Kier alpha value is -2.05. The molecule has 1 fully saturated rings. The molecule has 156 valence electrons. The Labute approximate surface area is 172 Å². The van der Waals surface area contributed by atoms with Crippen molar-refractivity contribution in [3.05, 3.63) is 65.5 Å². The molecule has 0 unspecified atom stereocenters. The molecule has 2 aromatic carbocycles. The summed E-state index contributed by atoms with van der Waals surface area (Å²) >= 11 is 0. The Morgan fingerprint density at radius 3 is 2.10 bits per heavy atom. The Balaban J connectivity index is 1.68. The van der Waals surface area contributed by atoms with Crippen LogP contribution in [0.2, 0.25) is 0 Å². The average Bonchev–Trinajstić information content (AvgIpc) is 2.74. The molecule has 0 radical (unpaired) electrons. The number of hydrogen-bond donors (Lipinski definition) is 0. The van der Waals surface area contributed by atoms with Gasteiger partial charge in [0, 0.05) is 24.6 Å². The van der Waals surface area contributed by atoms with Crippen LogP contribution in [0.4, 0.5) is 4.39 Å². The highest BCUT2D eigenvalue weighted by atomic mass is 32.2. The Morgan fingerprint density at radius 2 is 1.59 bits per heavy atom. The van der Waals surface area contributed by atoms with E-state index in [1.807, 2.05) is 12.1 Å². The smallest absolute Gasteiger partial charge is 0.243 e. The van der Waals surface area contributed by atoms with E-state index in [0.29, 0.717) is 31.5 Å². The van der Waals surface area contributed by atoms with Crippen molar-refractivity contribution in [2.45, 2.75) is 50.3 Å². The van der Waals surface area contributed by atoms with Crippen molar-refractivity contribution in [2.24, 2.45) is 5.92 Å². The average molecular weight is 418 g/mol. The minimum Gasteiger partial charge on any atom is -0.294 e. The van der Waals surface area contributed by atoms with Crippen LogP contribution < -0.4 is 0 Å². The Bertz CT molecular complexity index is 958. The van der Waals surface area contributed by atoms with E-state index < -0.39 is 10.0 Å². The van der Waals surface area contributed by atoms with Crippen LogP contribution in [-0.4, -0.2) is 31.6 Å². The summed E-state index contributed by atoms with van der Waals surface area (Å²) in [4.78, 5) is 12.9. The Kier molecular flexibility index (Phi) is 6.24. The number of hydrogen-bond acceptors (Lipinski definition) is 3. The van der Waals surface area contributed by atoms with Crippen molar-refractivity contribution >= 4 is 15.8 Å². The van der Waals surface area contributed by atoms with Crippen molar-refractivity contribution < 1.29 is 17.6 Å². The lowest BCUT2D eigenvalue weighted by Gasteiger charge is -2.31. The van der Waals surface area contributed by atoms with Gasteiger partial charge in [0.1, 0.15) is 5.82 Å². The number of ketones is 1. The molecule has 0 bridgehead atoms. The topological polar surface area (TPSA) is 54.5 Å². The lowest BCUT2D eigenvalue weighted by molar-refractivity contribution is 0.0875. The Morgan fingerprint density at radius 1 is 1.03 bits per heavy atom. The molecule has 3 rings (SSSR count). The van der Waals surface area contributed by atoms with Gasteiger partial charge < -0.3 is 0 Å². The fraction of sp³-hybridized carbons (Fsp3) is 0.435. The van der Waals surface area contributed by atoms with Crippen LogP contribution in [0.1, 0.15) is 56.0 Å². The van der Waals surface area contributed by atoms with Crippen LogP contribution in [0.15, 0.2) is 53.4 Å². The second-order valence-corrected chi connectivity index (χ2v) is 10.2. The number of Topliss-reactive ketones (excluding diaryl/α,β-unsaturated/α-hetero) is 1. The van der Waals surface area contributed by atoms with Crippen molar-refractivity contribution in [2.75, 3.05) is 13.1 Å². The molecule has 0 amide bonds. The van der Waals surface area contributed by atoms with Crippen LogP contribution in [0.25, 0.3) is 0 Å². The maximum atomic E-state index is 13.1. The minimum absolute atomic E-state index is 0.00134. The molecule has 29 heavy (non-hydrogen) atoms. The molecule has 0 saturated carbocycles. The first-order valence-electron chi connectivity index (χ1n) is 10.1. The third kappa shape index (κ3) is 4.59. The first-order valence-corrected chi connectivity index (χ1v) is 11.5. The fourth-order valence-electron chi connectivity index (χ4n) is 3.64. The third-order valence-corrected chi connectivity index (χ3v) is 8.02. The molecule has 1 heterocycles. The quantitative estimate of drug-likeness (QED) is 0.635. The van der Waals surface area contributed by atoms with Crippen molar-refractivity contribution in [3.63, 3.8) is 0 Å². The monoisotopic (exact) mass is 417 g/mol. The van der Waals surface area contributed by atoms with E-state index in [-0.39, 0.29) is 27.8 Å². The standard InChI is InChI=1S/C23H28FNO3S/c1-4-23(2,3)19-7-11-21(12-8-19)29(27,28)25-15-13-18(14-16-25)22(26)17-5-9-20(24)10-6-17/h5-12,18H,4,13-16H2,1-3H3. The normalized spacial score (nSPS) is 16.7. The zero-order chi connectivity index (χ0) is 21.2. The minimum atomic E-state index is -3.58. The van der Waals surface area contributed by atoms with E-state index in [1.54, 1.807) is 12.1 Å². The summed E-state index contributed by atoms with van der Waals surface area (Å²) in [6.07, 6.45) is 1.90. The van der Waals surface area contributed by atoms with E-state index in [1.165, 1.54) is 28.6 Å². The van der Waals surface area contributed by atoms with Gasteiger partial charge in [-0.05, 0) is 66.6 Å². The fourth-order valence-corrected chi connectivity index (χ4v) is 5.11. The molecule has 6 heteroatoms. The molecule has 1 aliphatic rings. The lowest BCUT2D eigenvalue weighted by Crippen LogP contribution is -2.40.